The van der Waals surface area contributed by atoms with Crippen LogP contribution >= 0.6 is 0 Å². The molecular formula is C8H12FNO2. The fraction of sp³-hybridized carbons (Fsp3) is 0.500. The summed E-state index contributed by atoms with van der Waals surface area (Å²) in [4.78, 5) is 13.8. The molecule has 0 fully saturated rings. The number of nitrogens with zero attached hydrogens (tertiary/aromatic N) is 1. The second kappa shape index (κ2) is 5.46. The maximum Gasteiger partial charge on any atom is 0.307 e. The van der Waals surface area contributed by atoms with Gasteiger partial charge in [-0.15, -0.1) is 0 Å². The minimum atomic E-state index is -1.23. The van der Waals surface area contributed by atoms with Crippen molar-refractivity contribution in [3.05, 3.63) is 11.8 Å². The Bertz CT molecular complexity index is 209. The highest BCUT2D eigenvalue weighted by Crippen LogP contribution is 1.94. The molecule has 0 rings (SSSR count). The molecule has 0 saturated carbocycles. The van der Waals surface area contributed by atoms with Crippen LogP contribution in [0.4, 0.5) is 4.39 Å². The molecule has 1 unspecified atom stereocenters. The standard InChI is InChI=1S/C8H12FNO2/c1-6(12-8(3)11)4-5-10-7(2)9/h4-5,7H,1-3H3/b6-4+,10-5-. The molecule has 0 aliphatic heterocycles. The Kier molecular flexibility index (Phi) is 4.92. The van der Waals surface area contributed by atoms with Crippen molar-refractivity contribution in [1.29, 1.82) is 0 Å². The van der Waals surface area contributed by atoms with Gasteiger partial charge in [0.2, 0.25) is 0 Å². The van der Waals surface area contributed by atoms with Crippen LogP contribution in [-0.4, -0.2) is 18.5 Å². The summed E-state index contributed by atoms with van der Waals surface area (Å²) in [5.41, 5.74) is 0. The summed E-state index contributed by atoms with van der Waals surface area (Å²) in [5, 5.41) is 0. The molecule has 0 aliphatic rings. The predicted molar refractivity (Wildman–Crippen MR) is 44.6 cm³/mol. The van der Waals surface area contributed by atoms with E-state index in [-0.39, 0.29) is 0 Å². The molecule has 68 valence electrons. The second-order valence-electron chi connectivity index (χ2n) is 2.24. The van der Waals surface area contributed by atoms with Gasteiger partial charge in [-0.2, -0.15) is 0 Å². The average molecular weight is 173 g/mol. The van der Waals surface area contributed by atoms with Crippen molar-refractivity contribution in [2.24, 2.45) is 4.99 Å². The quantitative estimate of drug-likeness (QED) is 0.282. The molecule has 0 aromatic rings. The number of rotatable bonds is 3. The maximum atomic E-state index is 12.1. The SMILES string of the molecule is CC(=O)O/C(C)=C/C=N\C(C)F. The van der Waals surface area contributed by atoms with Crippen LogP contribution in [0.1, 0.15) is 20.8 Å². The van der Waals surface area contributed by atoms with Crippen LogP contribution in [0.2, 0.25) is 0 Å². The summed E-state index contributed by atoms with van der Waals surface area (Å²) in [6.07, 6.45) is 1.46. The minimum Gasteiger partial charge on any atom is -0.432 e. The fourth-order valence-corrected chi connectivity index (χ4v) is 0.527. The number of allylic oxidation sites excluding steroid dienone is 2. The minimum absolute atomic E-state index is 0.395. The van der Waals surface area contributed by atoms with Gasteiger partial charge in [-0.05, 0) is 19.9 Å². The average Bonchev–Trinajstić information content (AvgIpc) is 1.84. The Morgan fingerprint density at radius 3 is 2.58 bits per heavy atom. The highest BCUT2D eigenvalue weighted by atomic mass is 19.1. The molecule has 0 amide bonds. The van der Waals surface area contributed by atoms with E-state index in [0.29, 0.717) is 5.76 Å². The summed E-state index contributed by atoms with van der Waals surface area (Å²) < 4.78 is 16.7. The summed E-state index contributed by atoms with van der Waals surface area (Å²) >= 11 is 0. The van der Waals surface area contributed by atoms with Gasteiger partial charge >= 0.3 is 5.97 Å². The largest absolute Gasteiger partial charge is 0.432 e. The van der Waals surface area contributed by atoms with E-state index in [2.05, 4.69) is 9.73 Å². The fourth-order valence-electron chi connectivity index (χ4n) is 0.527. The van der Waals surface area contributed by atoms with E-state index >= 15 is 0 Å². The van der Waals surface area contributed by atoms with Gasteiger partial charge in [0, 0.05) is 13.1 Å². The Balaban J connectivity index is 3.92. The van der Waals surface area contributed by atoms with E-state index in [1.165, 1.54) is 26.1 Å². The predicted octanol–water partition coefficient (Wildman–Crippen LogP) is 1.84. The van der Waals surface area contributed by atoms with E-state index < -0.39 is 12.3 Å². The van der Waals surface area contributed by atoms with E-state index in [1.54, 1.807) is 6.92 Å². The van der Waals surface area contributed by atoms with E-state index in [1.807, 2.05) is 0 Å². The van der Waals surface area contributed by atoms with Gasteiger partial charge in [0.15, 0.2) is 6.30 Å². The van der Waals surface area contributed by atoms with Gasteiger partial charge in [-0.1, -0.05) is 0 Å². The molecule has 1 atom stereocenters. The summed E-state index contributed by atoms with van der Waals surface area (Å²) in [7, 11) is 0. The lowest BCUT2D eigenvalue weighted by Gasteiger charge is -1.97. The number of carbonyl (C=O) groups is 1. The lowest BCUT2D eigenvalue weighted by Crippen LogP contribution is -1.96. The molecule has 0 aromatic carbocycles. The molecule has 0 radical (unpaired) electrons. The van der Waals surface area contributed by atoms with Crippen LogP contribution in [0.5, 0.6) is 0 Å². The lowest BCUT2D eigenvalue weighted by atomic mass is 10.5. The van der Waals surface area contributed by atoms with Crippen molar-refractivity contribution in [2.75, 3.05) is 0 Å². The van der Waals surface area contributed by atoms with Crippen molar-refractivity contribution in [2.45, 2.75) is 27.1 Å². The van der Waals surface area contributed by atoms with Crippen molar-refractivity contribution in [3.63, 3.8) is 0 Å². The van der Waals surface area contributed by atoms with Crippen LogP contribution in [0.25, 0.3) is 0 Å². The maximum absolute atomic E-state index is 12.1. The Hall–Kier alpha value is -1.19. The zero-order valence-corrected chi connectivity index (χ0v) is 7.37. The van der Waals surface area contributed by atoms with Crippen LogP contribution in [0, 0.1) is 0 Å². The van der Waals surface area contributed by atoms with Gasteiger partial charge in [0.1, 0.15) is 5.76 Å². The normalized spacial score (nSPS) is 14.8. The molecule has 0 N–H and O–H groups in total. The van der Waals surface area contributed by atoms with Gasteiger partial charge in [0.05, 0.1) is 0 Å². The number of esters is 1. The molecule has 0 aromatic heterocycles. The smallest absolute Gasteiger partial charge is 0.307 e. The van der Waals surface area contributed by atoms with Crippen LogP contribution in [0.3, 0.4) is 0 Å². The van der Waals surface area contributed by atoms with E-state index in [9.17, 15) is 9.18 Å². The topological polar surface area (TPSA) is 38.7 Å². The summed E-state index contributed by atoms with van der Waals surface area (Å²) in [6, 6.07) is 0. The molecule has 12 heavy (non-hydrogen) atoms. The molecule has 3 nitrogen and oxygen atoms in total. The molecule has 0 aliphatic carbocycles. The molecule has 0 heterocycles. The molecule has 4 heteroatoms. The van der Waals surface area contributed by atoms with Crippen LogP contribution in [0.15, 0.2) is 16.8 Å². The number of halogens is 1. The Morgan fingerprint density at radius 1 is 1.58 bits per heavy atom. The molecule has 0 saturated heterocycles. The third kappa shape index (κ3) is 6.92. The number of hydrogen-bond donors (Lipinski definition) is 0. The number of hydrogen-bond acceptors (Lipinski definition) is 3. The van der Waals surface area contributed by atoms with Gasteiger partial charge in [0.25, 0.3) is 0 Å². The summed E-state index contributed by atoms with van der Waals surface area (Å²) in [6.45, 7) is 4.20. The first-order chi connectivity index (χ1) is 5.52. The van der Waals surface area contributed by atoms with E-state index in [0.717, 1.165) is 0 Å². The first-order valence-electron chi connectivity index (χ1n) is 3.55. The summed E-state index contributed by atoms with van der Waals surface area (Å²) in [5.74, 6) is -0.00246. The first kappa shape index (κ1) is 10.8. The lowest BCUT2D eigenvalue weighted by molar-refractivity contribution is -0.136. The van der Waals surface area contributed by atoms with Crippen molar-refractivity contribution < 1.29 is 13.9 Å². The molecule has 0 bridgehead atoms. The third-order valence-electron chi connectivity index (χ3n) is 0.905. The second-order valence-corrected chi connectivity index (χ2v) is 2.24. The van der Waals surface area contributed by atoms with Gasteiger partial charge < -0.3 is 4.74 Å². The zero-order chi connectivity index (χ0) is 9.56. The van der Waals surface area contributed by atoms with Crippen molar-refractivity contribution >= 4 is 12.2 Å². The number of aliphatic imine (C=N–C) groups is 1. The molecular weight excluding hydrogens is 161 g/mol. The van der Waals surface area contributed by atoms with Crippen molar-refractivity contribution in [1.82, 2.24) is 0 Å². The molecule has 0 spiro atoms. The van der Waals surface area contributed by atoms with E-state index in [4.69, 9.17) is 0 Å². The third-order valence-corrected chi connectivity index (χ3v) is 0.905. The number of ether oxygens (including phenoxy) is 1. The highest BCUT2D eigenvalue weighted by molar-refractivity contribution is 5.73. The van der Waals surface area contributed by atoms with Gasteiger partial charge in [-0.25, -0.2) is 4.39 Å². The van der Waals surface area contributed by atoms with Crippen LogP contribution < -0.4 is 0 Å². The van der Waals surface area contributed by atoms with Crippen molar-refractivity contribution in [3.8, 4) is 0 Å². The van der Waals surface area contributed by atoms with Gasteiger partial charge in [-0.3, -0.25) is 9.79 Å². The monoisotopic (exact) mass is 173 g/mol. The Morgan fingerprint density at radius 2 is 2.17 bits per heavy atom. The number of alkyl halides is 1. The highest BCUT2D eigenvalue weighted by Gasteiger charge is 1.92. The zero-order valence-electron chi connectivity index (χ0n) is 7.37. The first-order valence-corrected chi connectivity index (χ1v) is 3.55. The Labute approximate surface area is 70.9 Å². The van der Waals surface area contributed by atoms with Crippen LogP contribution in [-0.2, 0) is 9.53 Å². The number of carbonyl (C=O) groups excluding carboxylic acids is 1.